The molecule has 3 amide bonds. The molecule has 3 unspecified atom stereocenters. The van der Waals surface area contributed by atoms with Crippen LogP contribution in [0.5, 0.6) is 17.2 Å². The van der Waals surface area contributed by atoms with Crippen molar-refractivity contribution in [3.05, 3.63) is 90.0 Å². The molecule has 2 aliphatic rings. The van der Waals surface area contributed by atoms with Gasteiger partial charge in [0.1, 0.15) is 29.3 Å². The molecular weight excluding hydrogens is 582 g/mol. The first kappa shape index (κ1) is 33.0. The van der Waals surface area contributed by atoms with Gasteiger partial charge in [-0.25, -0.2) is 0 Å². The number of amides is 3. The molecule has 2 aliphatic heterocycles. The Morgan fingerprint density at radius 3 is 2.20 bits per heavy atom. The number of benzene rings is 3. The molecule has 10 heteroatoms. The third-order valence-electron chi connectivity index (χ3n) is 8.61. The lowest BCUT2D eigenvalue weighted by molar-refractivity contribution is -0.143. The van der Waals surface area contributed by atoms with Crippen LogP contribution in [0.1, 0.15) is 37.3 Å². The highest BCUT2D eigenvalue weighted by atomic mass is 16.5. The van der Waals surface area contributed by atoms with Crippen LogP contribution in [-0.2, 0) is 27.2 Å². The van der Waals surface area contributed by atoms with Crippen molar-refractivity contribution in [2.45, 2.75) is 57.2 Å². The lowest BCUT2D eigenvalue weighted by Crippen LogP contribution is -2.69. The molecule has 3 aromatic rings. The molecule has 0 saturated carbocycles. The van der Waals surface area contributed by atoms with E-state index in [1.165, 1.54) is 0 Å². The number of ether oxygens (including phenoxy) is 2. The summed E-state index contributed by atoms with van der Waals surface area (Å²) in [6.07, 6.45) is 2.73. The highest BCUT2D eigenvalue weighted by molar-refractivity contribution is 5.98. The number of nitrogens with two attached hydrogens (primary N) is 1. The van der Waals surface area contributed by atoms with Crippen molar-refractivity contribution in [1.29, 1.82) is 0 Å². The number of rotatable bonds is 14. The molecule has 46 heavy (non-hydrogen) atoms. The summed E-state index contributed by atoms with van der Waals surface area (Å²) in [6, 6.07) is 22.4. The Bertz CT molecular complexity index is 1430. The first-order valence-electron chi connectivity index (χ1n) is 16.3. The molecule has 0 aromatic heterocycles. The number of hydrogen-bond donors (Lipinski definition) is 4. The average molecular weight is 628 g/mol. The standard InChI is InChI=1S/C36H45N5O5/c1-2-45-28-12-8-25(9-13-28)22-31-35(43)40-34(36(44)39-31)32(41(33(42)16-19-37)24-27-17-20-38-21-18-27)23-26-10-14-30(15-11-26)46-29-6-4-3-5-7-29/h3-15,27,31-32,34,38H,2,16-24,37H2,1H3,(H,39,44)(H,40,43). The normalized spacial score (nSPS) is 19.1. The number of piperazine rings is 1. The summed E-state index contributed by atoms with van der Waals surface area (Å²) in [7, 11) is 0. The number of piperidine rings is 1. The van der Waals surface area contributed by atoms with Crippen molar-refractivity contribution in [1.82, 2.24) is 20.9 Å². The fourth-order valence-corrected chi connectivity index (χ4v) is 6.18. The van der Waals surface area contributed by atoms with Crippen LogP contribution in [0.15, 0.2) is 78.9 Å². The molecule has 0 aliphatic carbocycles. The lowest BCUT2D eigenvalue weighted by Gasteiger charge is -2.42. The molecule has 244 valence electrons. The van der Waals surface area contributed by atoms with Gasteiger partial charge in [-0.1, -0.05) is 42.5 Å². The quantitative estimate of drug-likeness (QED) is 0.216. The number of nitrogens with one attached hydrogen (secondary N) is 3. The second-order valence-electron chi connectivity index (χ2n) is 11.9. The molecular formula is C36H45N5O5. The summed E-state index contributed by atoms with van der Waals surface area (Å²) < 4.78 is 11.5. The highest BCUT2D eigenvalue weighted by Crippen LogP contribution is 2.25. The van der Waals surface area contributed by atoms with E-state index < -0.39 is 18.1 Å². The van der Waals surface area contributed by atoms with Gasteiger partial charge in [-0.3, -0.25) is 14.4 Å². The predicted molar refractivity (Wildman–Crippen MR) is 177 cm³/mol. The molecule has 0 spiro atoms. The van der Waals surface area contributed by atoms with Gasteiger partial charge < -0.3 is 36.1 Å². The van der Waals surface area contributed by atoms with Crippen molar-refractivity contribution < 1.29 is 23.9 Å². The van der Waals surface area contributed by atoms with Crippen LogP contribution in [0.3, 0.4) is 0 Å². The number of para-hydroxylation sites is 1. The Morgan fingerprint density at radius 2 is 1.52 bits per heavy atom. The lowest BCUT2D eigenvalue weighted by atomic mass is 9.90. The first-order valence-corrected chi connectivity index (χ1v) is 16.3. The summed E-state index contributed by atoms with van der Waals surface area (Å²) in [5, 5.41) is 9.35. The zero-order valence-electron chi connectivity index (χ0n) is 26.5. The van der Waals surface area contributed by atoms with Gasteiger partial charge in [0.2, 0.25) is 17.7 Å². The van der Waals surface area contributed by atoms with Gasteiger partial charge in [0.15, 0.2) is 0 Å². The molecule has 2 heterocycles. The largest absolute Gasteiger partial charge is 0.494 e. The summed E-state index contributed by atoms with van der Waals surface area (Å²) in [6.45, 7) is 4.95. The van der Waals surface area contributed by atoms with E-state index in [9.17, 15) is 14.4 Å². The van der Waals surface area contributed by atoms with E-state index in [1.54, 1.807) is 4.90 Å². The molecule has 0 radical (unpaired) electrons. The second kappa shape index (κ2) is 16.2. The molecule has 2 fully saturated rings. The maximum Gasteiger partial charge on any atom is 0.245 e. The van der Waals surface area contributed by atoms with Crippen molar-refractivity contribution >= 4 is 17.7 Å². The van der Waals surface area contributed by atoms with Crippen LogP contribution in [0.25, 0.3) is 0 Å². The molecule has 3 atom stereocenters. The van der Waals surface area contributed by atoms with Crippen LogP contribution in [0.4, 0.5) is 0 Å². The molecule has 0 bridgehead atoms. The molecule has 5 rings (SSSR count). The van der Waals surface area contributed by atoms with Crippen molar-refractivity contribution in [2.24, 2.45) is 11.7 Å². The highest BCUT2D eigenvalue weighted by Gasteiger charge is 2.42. The van der Waals surface area contributed by atoms with Gasteiger partial charge in [-0.15, -0.1) is 0 Å². The molecule has 5 N–H and O–H groups in total. The van der Waals surface area contributed by atoms with Crippen molar-refractivity contribution in [3.63, 3.8) is 0 Å². The van der Waals surface area contributed by atoms with Gasteiger partial charge >= 0.3 is 0 Å². The Morgan fingerprint density at radius 1 is 0.870 bits per heavy atom. The van der Waals surface area contributed by atoms with Gasteiger partial charge in [0.25, 0.3) is 0 Å². The maximum atomic E-state index is 13.8. The smallest absolute Gasteiger partial charge is 0.245 e. The molecule has 2 saturated heterocycles. The third-order valence-corrected chi connectivity index (χ3v) is 8.61. The minimum absolute atomic E-state index is 0.117. The Balaban J connectivity index is 1.37. The second-order valence-corrected chi connectivity index (χ2v) is 11.9. The summed E-state index contributed by atoms with van der Waals surface area (Å²) in [4.78, 5) is 42.8. The van der Waals surface area contributed by atoms with E-state index >= 15 is 0 Å². The average Bonchev–Trinajstić information content (AvgIpc) is 3.07. The van der Waals surface area contributed by atoms with Gasteiger partial charge in [-0.05, 0) is 92.7 Å². The summed E-state index contributed by atoms with van der Waals surface area (Å²) >= 11 is 0. The Labute approximate surface area is 271 Å². The van der Waals surface area contributed by atoms with E-state index in [4.69, 9.17) is 15.2 Å². The topological polar surface area (TPSA) is 135 Å². The summed E-state index contributed by atoms with van der Waals surface area (Å²) in [5.74, 6) is 1.74. The van der Waals surface area contributed by atoms with Crippen molar-refractivity contribution in [2.75, 3.05) is 32.8 Å². The zero-order chi connectivity index (χ0) is 32.3. The van der Waals surface area contributed by atoms with Crippen LogP contribution in [-0.4, -0.2) is 73.5 Å². The van der Waals surface area contributed by atoms with Crippen LogP contribution in [0.2, 0.25) is 0 Å². The fraction of sp³-hybridized carbons (Fsp3) is 0.417. The fourth-order valence-electron chi connectivity index (χ4n) is 6.18. The molecule has 10 nitrogen and oxygen atoms in total. The minimum atomic E-state index is -0.923. The van der Waals surface area contributed by atoms with Gasteiger partial charge in [-0.2, -0.15) is 0 Å². The zero-order valence-corrected chi connectivity index (χ0v) is 26.5. The summed E-state index contributed by atoms with van der Waals surface area (Å²) in [5.41, 5.74) is 7.67. The van der Waals surface area contributed by atoms with E-state index in [2.05, 4.69) is 16.0 Å². The first-order chi connectivity index (χ1) is 22.4. The van der Waals surface area contributed by atoms with E-state index in [0.717, 1.165) is 48.6 Å². The number of carbonyl (C=O) groups excluding carboxylic acids is 3. The van der Waals surface area contributed by atoms with Gasteiger partial charge in [0.05, 0.1) is 12.6 Å². The number of nitrogens with zero attached hydrogens (tertiary/aromatic N) is 1. The van der Waals surface area contributed by atoms with Crippen molar-refractivity contribution in [3.8, 4) is 17.2 Å². The SMILES string of the molecule is CCOc1ccc(CC2NC(=O)C(C(Cc3ccc(Oc4ccccc4)cc3)N(CC3CCNCC3)C(=O)CCN)NC2=O)cc1. The Hall–Kier alpha value is -4.41. The predicted octanol–water partition coefficient (Wildman–Crippen LogP) is 3.19. The van der Waals surface area contributed by atoms with Crippen LogP contribution >= 0.6 is 0 Å². The monoisotopic (exact) mass is 627 g/mol. The molecule has 3 aromatic carbocycles. The maximum absolute atomic E-state index is 13.8. The Kier molecular flexibility index (Phi) is 11.6. The van der Waals surface area contributed by atoms with Gasteiger partial charge in [0, 0.05) is 25.9 Å². The van der Waals surface area contributed by atoms with Crippen LogP contribution in [0, 0.1) is 5.92 Å². The van der Waals surface area contributed by atoms with E-state index in [0.29, 0.717) is 31.7 Å². The third kappa shape index (κ3) is 8.86. The van der Waals surface area contributed by atoms with E-state index in [1.807, 2.05) is 85.8 Å². The van der Waals surface area contributed by atoms with E-state index in [-0.39, 0.29) is 36.6 Å². The minimum Gasteiger partial charge on any atom is -0.494 e. The number of hydrogen-bond acceptors (Lipinski definition) is 7. The van der Waals surface area contributed by atoms with Crippen LogP contribution < -0.4 is 31.2 Å². The number of carbonyl (C=O) groups is 3.